The molecule has 5 heteroatoms. The second-order valence-electron chi connectivity index (χ2n) is 2.95. The van der Waals surface area contributed by atoms with E-state index in [9.17, 15) is 0 Å². The van der Waals surface area contributed by atoms with Crippen LogP contribution >= 0.6 is 0 Å². The third-order valence-corrected chi connectivity index (χ3v) is 1.84. The van der Waals surface area contributed by atoms with E-state index in [4.69, 9.17) is 5.73 Å². The van der Waals surface area contributed by atoms with E-state index in [1.807, 2.05) is 18.4 Å². The van der Waals surface area contributed by atoms with E-state index < -0.39 is 0 Å². The number of hydrogen-bond donors (Lipinski definition) is 2. The molecule has 0 bridgehead atoms. The molecular formula is C8H17N5. The molecule has 0 fully saturated rings. The topological polar surface area (TPSA) is 68.8 Å². The molecular weight excluding hydrogens is 166 g/mol. The van der Waals surface area contributed by atoms with Gasteiger partial charge in [0, 0.05) is 13.1 Å². The number of aromatic nitrogens is 3. The SMILES string of the molecule is CCNc1nnc([C@@H](C)N)n1CC. The minimum atomic E-state index is -0.0696. The molecule has 0 aliphatic carbocycles. The van der Waals surface area contributed by atoms with Gasteiger partial charge in [0.05, 0.1) is 6.04 Å². The molecule has 0 saturated carbocycles. The lowest BCUT2D eigenvalue weighted by atomic mass is 10.3. The van der Waals surface area contributed by atoms with Crippen LogP contribution in [-0.4, -0.2) is 21.3 Å². The Morgan fingerprint density at radius 3 is 2.62 bits per heavy atom. The summed E-state index contributed by atoms with van der Waals surface area (Å²) in [5, 5.41) is 11.2. The summed E-state index contributed by atoms with van der Waals surface area (Å²) >= 11 is 0. The van der Waals surface area contributed by atoms with E-state index in [1.165, 1.54) is 0 Å². The first-order valence-electron chi connectivity index (χ1n) is 4.63. The fraction of sp³-hybridized carbons (Fsp3) is 0.750. The van der Waals surface area contributed by atoms with Gasteiger partial charge in [0.15, 0.2) is 5.82 Å². The largest absolute Gasteiger partial charge is 0.355 e. The number of nitrogens with two attached hydrogens (primary N) is 1. The van der Waals surface area contributed by atoms with Crippen molar-refractivity contribution in [2.45, 2.75) is 33.4 Å². The number of anilines is 1. The molecule has 0 unspecified atom stereocenters. The molecule has 0 amide bonds. The number of rotatable bonds is 4. The number of hydrogen-bond acceptors (Lipinski definition) is 4. The summed E-state index contributed by atoms with van der Waals surface area (Å²) in [7, 11) is 0. The van der Waals surface area contributed by atoms with Crippen molar-refractivity contribution in [3.63, 3.8) is 0 Å². The highest BCUT2D eigenvalue weighted by Gasteiger charge is 2.12. The van der Waals surface area contributed by atoms with Gasteiger partial charge in [0.1, 0.15) is 0 Å². The zero-order valence-electron chi connectivity index (χ0n) is 8.41. The van der Waals surface area contributed by atoms with Crippen LogP contribution in [0.3, 0.4) is 0 Å². The lowest BCUT2D eigenvalue weighted by molar-refractivity contribution is 0.639. The highest BCUT2D eigenvalue weighted by molar-refractivity contribution is 5.26. The summed E-state index contributed by atoms with van der Waals surface area (Å²) in [4.78, 5) is 0. The minimum Gasteiger partial charge on any atom is -0.355 e. The Kier molecular flexibility index (Phi) is 3.25. The van der Waals surface area contributed by atoms with Gasteiger partial charge in [-0.2, -0.15) is 0 Å². The second kappa shape index (κ2) is 4.23. The highest BCUT2D eigenvalue weighted by Crippen LogP contribution is 2.12. The Hall–Kier alpha value is -1.10. The first-order valence-corrected chi connectivity index (χ1v) is 4.63. The third kappa shape index (κ3) is 1.98. The quantitative estimate of drug-likeness (QED) is 0.722. The maximum Gasteiger partial charge on any atom is 0.224 e. The van der Waals surface area contributed by atoms with Crippen molar-refractivity contribution in [3.05, 3.63) is 5.82 Å². The molecule has 0 aromatic carbocycles. The number of nitrogens with zero attached hydrogens (tertiary/aromatic N) is 3. The third-order valence-electron chi connectivity index (χ3n) is 1.84. The lowest BCUT2D eigenvalue weighted by Gasteiger charge is -2.09. The second-order valence-corrected chi connectivity index (χ2v) is 2.95. The molecule has 13 heavy (non-hydrogen) atoms. The average Bonchev–Trinajstić information content (AvgIpc) is 2.48. The highest BCUT2D eigenvalue weighted by atomic mass is 15.4. The fourth-order valence-electron chi connectivity index (χ4n) is 1.25. The monoisotopic (exact) mass is 183 g/mol. The van der Waals surface area contributed by atoms with Gasteiger partial charge in [-0.15, -0.1) is 10.2 Å². The Labute approximate surface area is 78.3 Å². The molecule has 3 N–H and O–H groups in total. The summed E-state index contributed by atoms with van der Waals surface area (Å²) in [6, 6.07) is -0.0696. The van der Waals surface area contributed by atoms with Crippen molar-refractivity contribution in [3.8, 4) is 0 Å². The van der Waals surface area contributed by atoms with Crippen LogP contribution in [0.5, 0.6) is 0 Å². The Morgan fingerprint density at radius 1 is 1.46 bits per heavy atom. The van der Waals surface area contributed by atoms with E-state index in [0.29, 0.717) is 0 Å². The van der Waals surface area contributed by atoms with Crippen LogP contribution in [0.15, 0.2) is 0 Å². The Bertz CT molecular complexity index is 265. The molecule has 1 aromatic heterocycles. The van der Waals surface area contributed by atoms with Crippen molar-refractivity contribution in [1.82, 2.24) is 14.8 Å². The molecule has 1 rings (SSSR count). The van der Waals surface area contributed by atoms with Crippen LogP contribution in [0.4, 0.5) is 5.95 Å². The van der Waals surface area contributed by atoms with Crippen LogP contribution in [0.2, 0.25) is 0 Å². The van der Waals surface area contributed by atoms with Gasteiger partial charge in [0.25, 0.3) is 0 Å². The number of nitrogens with one attached hydrogen (secondary N) is 1. The van der Waals surface area contributed by atoms with E-state index in [-0.39, 0.29) is 6.04 Å². The van der Waals surface area contributed by atoms with Gasteiger partial charge in [-0.3, -0.25) is 4.57 Å². The van der Waals surface area contributed by atoms with E-state index in [2.05, 4.69) is 22.4 Å². The van der Waals surface area contributed by atoms with Crippen molar-refractivity contribution >= 4 is 5.95 Å². The van der Waals surface area contributed by atoms with Crippen LogP contribution < -0.4 is 11.1 Å². The Balaban J connectivity index is 2.96. The summed E-state index contributed by atoms with van der Waals surface area (Å²) in [6.07, 6.45) is 0. The van der Waals surface area contributed by atoms with Crippen molar-refractivity contribution < 1.29 is 0 Å². The summed E-state index contributed by atoms with van der Waals surface area (Å²) in [5.74, 6) is 1.63. The van der Waals surface area contributed by atoms with Crippen molar-refractivity contribution in [2.24, 2.45) is 5.73 Å². The van der Waals surface area contributed by atoms with E-state index in [1.54, 1.807) is 0 Å². The first kappa shape index (κ1) is 9.98. The van der Waals surface area contributed by atoms with Gasteiger partial charge < -0.3 is 11.1 Å². The van der Waals surface area contributed by atoms with Crippen LogP contribution in [0, 0.1) is 0 Å². The summed E-state index contributed by atoms with van der Waals surface area (Å²) in [5.41, 5.74) is 5.75. The van der Waals surface area contributed by atoms with E-state index in [0.717, 1.165) is 24.9 Å². The summed E-state index contributed by atoms with van der Waals surface area (Å²) < 4.78 is 1.99. The van der Waals surface area contributed by atoms with Crippen LogP contribution in [0.25, 0.3) is 0 Å². The molecule has 5 nitrogen and oxygen atoms in total. The molecule has 0 spiro atoms. The predicted molar refractivity (Wildman–Crippen MR) is 52.5 cm³/mol. The maximum atomic E-state index is 5.75. The van der Waals surface area contributed by atoms with Crippen LogP contribution in [-0.2, 0) is 6.54 Å². The molecule has 1 atom stereocenters. The van der Waals surface area contributed by atoms with E-state index >= 15 is 0 Å². The van der Waals surface area contributed by atoms with Crippen molar-refractivity contribution in [2.75, 3.05) is 11.9 Å². The van der Waals surface area contributed by atoms with Gasteiger partial charge in [0.2, 0.25) is 5.95 Å². The maximum absolute atomic E-state index is 5.75. The van der Waals surface area contributed by atoms with Gasteiger partial charge in [-0.25, -0.2) is 0 Å². The molecule has 0 saturated heterocycles. The zero-order valence-corrected chi connectivity index (χ0v) is 8.41. The minimum absolute atomic E-state index is 0.0696. The zero-order chi connectivity index (χ0) is 9.84. The first-order chi connectivity index (χ1) is 6.20. The summed E-state index contributed by atoms with van der Waals surface area (Å²) in [6.45, 7) is 7.67. The molecule has 0 radical (unpaired) electrons. The Morgan fingerprint density at radius 2 is 2.15 bits per heavy atom. The standard InChI is InChI=1S/C8H17N5/c1-4-10-8-12-11-7(6(3)9)13(8)5-2/h6H,4-5,9H2,1-3H3,(H,10,12)/t6-/m1/s1. The molecule has 0 aliphatic heterocycles. The fourth-order valence-corrected chi connectivity index (χ4v) is 1.25. The molecule has 0 aliphatic rings. The lowest BCUT2D eigenvalue weighted by Crippen LogP contribution is -2.14. The smallest absolute Gasteiger partial charge is 0.224 e. The van der Waals surface area contributed by atoms with Crippen molar-refractivity contribution in [1.29, 1.82) is 0 Å². The normalized spacial score (nSPS) is 12.9. The van der Waals surface area contributed by atoms with Gasteiger partial charge in [-0.05, 0) is 20.8 Å². The predicted octanol–water partition coefficient (Wildman–Crippen LogP) is 0.749. The molecule has 1 heterocycles. The van der Waals surface area contributed by atoms with Crippen LogP contribution in [0.1, 0.15) is 32.6 Å². The molecule has 1 aromatic rings. The average molecular weight is 183 g/mol. The van der Waals surface area contributed by atoms with Gasteiger partial charge >= 0.3 is 0 Å². The van der Waals surface area contributed by atoms with Gasteiger partial charge in [-0.1, -0.05) is 0 Å². The molecule has 74 valence electrons.